The van der Waals surface area contributed by atoms with Crippen LogP contribution in [0.1, 0.15) is 34.0 Å². The summed E-state index contributed by atoms with van der Waals surface area (Å²) in [4.78, 5) is 30.1. The Balaban J connectivity index is 1.52. The molecule has 2 amide bonds. The molecule has 188 valence electrons. The largest absolute Gasteiger partial charge is 0.417 e. The van der Waals surface area contributed by atoms with Gasteiger partial charge in [-0.1, -0.05) is 30.3 Å². The van der Waals surface area contributed by atoms with E-state index >= 15 is 0 Å². The number of aromatic nitrogens is 3. The second-order valence-electron chi connectivity index (χ2n) is 8.72. The Morgan fingerprint density at radius 1 is 1.08 bits per heavy atom. The van der Waals surface area contributed by atoms with Gasteiger partial charge in [-0.2, -0.15) is 18.3 Å². The number of aryl methyl sites for hydroxylation is 1. The third kappa shape index (κ3) is 4.95. The Labute approximate surface area is 210 Å². The van der Waals surface area contributed by atoms with Crippen LogP contribution >= 0.6 is 0 Å². The fourth-order valence-electron chi connectivity index (χ4n) is 4.36. The van der Waals surface area contributed by atoms with E-state index in [1.807, 2.05) is 30.3 Å². The number of benzene rings is 2. The first-order valence-electron chi connectivity index (χ1n) is 11.6. The molecule has 10 heteroatoms. The van der Waals surface area contributed by atoms with Crippen molar-refractivity contribution in [2.24, 2.45) is 7.05 Å². The molecule has 3 heterocycles. The van der Waals surface area contributed by atoms with Gasteiger partial charge in [0, 0.05) is 36.5 Å². The second-order valence-corrected chi connectivity index (χ2v) is 8.72. The standard InChI is InChI=1S/C27H22F3N5O2/c1-35-14-12-22(34-35)19-15-17(7-8-20(19)27(28,29)30)25(36)33-23-10-9-21(18-11-13-31-26(18)37)32-24(23)16-5-3-2-4-6-16/h2-10,12,14-15,18H,11,13H2,1H3,(H,31,37)(H,33,36)/t18-/m0/s1. The summed E-state index contributed by atoms with van der Waals surface area (Å²) < 4.78 is 42.4. The van der Waals surface area contributed by atoms with Crippen LogP contribution in [0.4, 0.5) is 18.9 Å². The molecule has 7 nitrogen and oxygen atoms in total. The van der Waals surface area contributed by atoms with Crippen molar-refractivity contribution in [3.63, 3.8) is 0 Å². The van der Waals surface area contributed by atoms with Gasteiger partial charge < -0.3 is 10.6 Å². The van der Waals surface area contributed by atoms with E-state index < -0.39 is 17.6 Å². The smallest absolute Gasteiger partial charge is 0.355 e. The zero-order chi connectivity index (χ0) is 26.2. The number of alkyl halides is 3. The first-order chi connectivity index (χ1) is 17.7. The normalized spacial score (nSPS) is 15.5. The van der Waals surface area contributed by atoms with Crippen LogP contribution in [0.25, 0.3) is 22.5 Å². The summed E-state index contributed by atoms with van der Waals surface area (Å²) in [6.45, 7) is 0.566. The van der Waals surface area contributed by atoms with Gasteiger partial charge in [0.05, 0.1) is 34.3 Å². The van der Waals surface area contributed by atoms with Crippen LogP contribution in [0.5, 0.6) is 0 Å². The van der Waals surface area contributed by atoms with Crippen molar-refractivity contribution < 1.29 is 22.8 Å². The fourth-order valence-corrected chi connectivity index (χ4v) is 4.36. The van der Waals surface area contributed by atoms with Crippen molar-refractivity contribution in [1.82, 2.24) is 20.1 Å². The summed E-state index contributed by atoms with van der Waals surface area (Å²) in [6, 6.07) is 17.2. The number of carbonyl (C=O) groups is 2. The second kappa shape index (κ2) is 9.53. The highest BCUT2D eigenvalue weighted by Gasteiger charge is 2.35. The number of carbonyl (C=O) groups excluding carboxylic acids is 2. The third-order valence-electron chi connectivity index (χ3n) is 6.19. The number of nitrogens with one attached hydrogen (secondary N) is 2. The average Bonchev–Trinajstić information content (AvgIpc) is 3.52. The zero-order valence-electron chi connectivity index (χ0n) is 19.7. The van der Waals surface area contributed by atoms with Crippen LogP contribution < -0.4 is 10.6 Å². The van der Waals surface area contributed by atoms with Gasteiger partial charge in [-0.05, 0) is 42.8 Å². The highest BCUT2D eigenvalue weighted by atomic mass is 19.4. The Hall–Kier alpha value is -4.47. The molecule has 1 saturated heterocycles. The van der Waals surface area contributed by atoms with E-state index in [1.165, 1.54) is 23.0 Å². The Morgan fingerprint density at radius 3 is 2.51 bits per heavy atom. The molecule has 1 aliphatic rings. The fraction of sp³-hybridized carbons (Fsp3) is 0.185. The minimum atomic E-state index is -4.62. The molecular formula is C27H22F3N5O2. The minimum absolute atomic E-state index is 0.0342. The molecule has 0 saturated carbocycles. The van der Waals surface area contributed by atoms with Crippen LogP contribution in [-0.2, 0) is 18.0 Å². The highest BCUT2D eigenvalue weighted by Crippen LogP contribution is 2.37. The van der Waals surface area contributed by atoms with Crippen LogP contribution in [0.15, 0.2) is 72.9 Å². The molecule has 0 spiro atoms. The molecule has 0 aliphatic carbocycles. The summed E-state index contributed by atoms with van der Waals surface area (Å²) in [6.07, 6.45) is -2.46. The van der Waals surface area contributed by atoms with E-state index in [0.717, 1.165) is 17.7 Å². The number of anilines is 1. The van der Waals surface area contributed by atoms with E-state index in [4.69, 9.17) is 4.98 Å². The SMILES string of the molecule is Cn1ccc(-c2cc(C(=O)Nc3ccc([C@@H]4CCNC4=O)nc3-c3ccccc3)ccc2C(F)(F)F)n1. The van der Waals surface area contributed by atoms with E-state index in [0.29, 0.717) is 30.0 Å². The molecule has 5 rings (SSSR count). The van der Waals surface area contributed by atoms with Gasteiger partial charge in [0.25, 0.3) is 5.91 Å². The van der Waals surface area contributed by atoms with Crippen molar-refractivity contribution in [2.45, 2.75) is 18.5 Å². The molecule has 2 N–H and O–H groups in total. The topological polar surface area (TPSA) is 88.9 Å². The number of hydrogen-bond acceptors (Lipinski definition) is 4. The summed E-state index contributed by atoms with van der Waals surface area (Å²) in [5.74, 6) is -1.09. The number of hydrogen-bond donors (Lipinski definition) is 2. The summed E-state index contributed by atoms with van der Waals surface area (Å²) >= 11 is 0. The molecular weight excluding hydrogens is 483 g/mol. The number of rotatable bonds is 5. The third-order valence-corrected chi connectivity index (χ3v) is 6.19. The maximum absolute atomic E-state index is 13.7. The van der Waals surface area contributed by atoms with Crippen molar-refractivity contribution in [3.8, 4) is 22.5 Å². The van der Waals surface area contributed by atoms with Crippen LogP contribution in [0, 0.1) is 0 Å². The zero-order valence-corrected chi connectivity index (χ0v) is 19.7. The van der Waals surface area contributed by atoms with Gasteiger partial charge in [0.2, 0.25) is 5.91 Å². The van der Waals surface area contributed by atoms with Crippen LogP contribution in [0.2, 0.25) is 0 Å². The molecule has 0 radical (unpaired) electrons. The number of nitrogens with zero attached hydrogens (tertiary/aromatic N) is 3. The molecule has 2 aromatic heterocycles. The lowest BCUT2D eigenvalue weighted by atomic mass is 9.99. The maximum Gasteiger partial charge on any atom is 0.417 e. The minimum Gasteiger partial charge on any atom is -0.355 e. The first kappa shape index (κ1) is 24.2. The Kier molecular flexibility index (Phi) is 6.24. The molecule has 2 aromatic carbocycles. The Bertz CT molecular complexity index is 1480. The van der Waals surface area contributed by atoms with Crippen LogP contribution in [-0.4, -0.2) is 33.1 Å². The molecule has 37 heavy (non-hydrogen) atoms. The summed E-state index contributed by atoms with van der Waals surface area (Å²) in [5.41, 5.74) is 1.21. The van der Waals surface area contributed by atoms with Crippen molar-refractivity contribution >= 4 is 17.5 Å². The van der Waals surface area contributed by atoms with Gasteiger partial charge >= 0.3 is 6.18 Å². The molecule has 1 aliphatic heterocycles. The number of pyridine rings is 1. The predicted octanol–water partition coefficient (Wildman–Crippen LogP) is 5.02. The quantitative estimate of drug-likeness (QED) is 0.399. The van der Waals surface area contributed by atoms with Crippen molar-refractivity contribution in [2.75, 3.05) is 11.9 Å². The maximum atomic E-state index is 13.7. The first-order valence-corrected chi connectivity index (χ1v) is 11.6. The van der Waals surface area contributed by atoms with E-state index in [-0.39, 0.29) is 28.6 Å². The van der Waals surface area contributed by atoms with E-state index in [2.05, 4.69) is 15.7 Å². The lowest BCUT2D eigenvalue weighted by Gasteiger charge is -2.16. The van der Waals surface area contributed by atoms with E-state index in [1.54, 1.807) is 19.2 Å². The molecule has 1 fully saturated rings. The number of halogens is 3. The molecule has 1 atom stereocenters. The molecule has 4 aromatic rings. The monoisotopic (exact) mass is 505 g/mol. The molecule has 0 unspecified atom stereocenters. The van der Waals surface area contributed by atoms with Gasteiger partial charge in [0.15, 0.2) is 0 Å². The van der Waals surface area contributed by atoms with Gasteiger partial charge in [-0.15, -0.1) is 0 Å². The molecule has 0 bridgehead atoms. The highest BCUT2D eigenvalue weighted by molar-refractivity contribution is 6.06. The van der Waals surface area contributed by atoms with E-state index in [9.17, 15) is 22.8 Å². The van der Waals surface area contributed by atoms with Gasteiger partial charge in [-0.3, -0.25) is 14.3 Å². The van der Waals surface area contributed by atoms with Gasteiger partial charge in [0.1, 0.15) is 0 Å². The van der Waals surface area contributed by atoms with Crippen LogP contribution in [0.3, 0.4) is 0 Å². The lowest BCUT2D eigenvalue weighted by Crippen LogP contribution is -2.19. The Morgan fingerprint density at radius 2 is 1.86 bits per heavy atom. The lowest BCUT2D eigenvalue weighted by molar-refractivity contribution is -0.137. The predicted molar refractivity (Wildman–Crippen MR) is 132 cm³/mol. The van der Waals surface area contributed by atoms with Crippen molar-refractivity contribution in [1.29, 1.82) is 0 Å². The summed E-state index contributed by atoms with van der Waals surface area (Å²) in [7, 11) is 1.60. The number of amides is 2. The summed E-state index contributed by atoms with van der Waals surface area (Å²) in [5, 5.41) is 9.67. The van der Waals surface area contributed by atoms with Gasteiger partial charge in [-0.25, -0.2) is 4.98 Å². The average molecular weight is 506 g/mol. The van der Waals surface area contributed by atoms with Crippen molar-refractivity contribution in [3.05, 3.63) is 89.7 Å².